The Morgan fingerprint density at radius 2 is 2.12 bits per heavy atom. The predicted molar refractivity (Wildman–Crippen MR) is 103 cm³/mol. The summed E-state index contributed by atoms with van der Waals surface area (Å²) in [6.45, 7) is 17.7. The zero-order valence-corrected chi connectivity index (χ0v) is 16.4. The SMILES string of the molecule is C=CCO[C@@H](C)CN1CCC2(C)c3ccc(C)c(O)c3C[C@@H]1C2(C)C. The molecule has 1 heterocycles. The third kappa shape index (κ3) is 2.82. The van der Waals surface area contributed by atoms with Gasteiger partial charge in [0.15, 0.2) is 0 Å². The highest BCUT2D eigenvalue weighted by Crippen LogP contribution is 2.57. The van der Waals surface area contributed by atoms with Gasteiger partial charge in [0.2, 0.25) is 0 Å². The van der Waals surface area contributed by atoms with Crippen LogP contribution in [0, 0.1) is 12.3 Å². The molecule has 3 nitrogen and oxygen atoms in total. The van der Waals surface area contributed by atoms with Gasteiger partial charge in [-0.25, -0.2) is 0 Å². The lowest BCUT2D eigenvalue weighted by atomic mass is 9.51. The molecule has 1 aromatic carbocycles. The van der Waals surface area contributed by atoms with Gasteiger partial charge in [0.05, 0.1) is 12.7 Å². The van der Waals surface area contributed by atoms with Crippen LogP contribution in [-0.4, -0.2) is 41.8 Å². The number of fused-ring (bicyclic) bond motifs is 4. The third-order valence-corrected chi connectivity index (χ3v) is 7.06. The van der Waals surface area contributed by atoms with Gasteiger partial charge in [0, 0.05) is 18.0 Å². The maximum absolute atomic E-state index is 10.7. The minimum atomic E-state index is 0.0954. The van der Waals surface area contributed by atoms with Crippen molar-refractivity contribution in [2.24, 2.45) is 5.41 Å². The van der Waals surface area contributed by atoms with E-state index in [0.29, 0.717) is 18.4 Å². The summed E-state index contributed by atoms with van der Waals surface area (Å²) >= 11 is 0. The van der Waals surface area contributed by atoms with E-state index in [0.717, 1.165) is 37.1 Å². The summed E-state index contributed by atoms with van der Waals surface area (Å²) in [6.07, 6.45) is 4.02. The van der Waals surface area contributed by atoms with E-state index in [9.17, 15) is 5.11 Å². The quantitative estimate of drug-likeness (QED) is 0.813. The van der Waals surface area contributed by atoms with Crippen LogP contribution in [0.25, 0.3) is 0 Å². The molecular formula is C22H33NO2. The molecule has 0 spiro atoms. The van der Waals surface area contributed by atoms with Crippen molar-refractivity contribution >= 4 is 0 Å². The fourth-order valence-corrected chi connectivity index (χ4v) is 5.04. The largest absolute Gasteiger partial charge is 0.507 e. The van der Waals surface area contributed by atoms with Gasteiger partial charge in [0.25, 0.3) is 0 Å². The van der Waals surface area contributed by atoms with E-state index in [4.69, 9.17) is 4.74 Å². The van der Waals surface area contributed by atoms with Crippen molar-refractivity contribution in [3.05, 3.63) is 41.5 Å². The average molecular weight is 344 g/mol. The molecule has 0 amide bonds. The van der Waals surface area contributed by atoms with Crippen molar-refractivity contribution in [1.82, 2.24) is 4.90 Å². The molecule has 2 aliphatic rings. The number of phenolic OH excluding ortho intramolecular Hbond substituents is 1. The van der Waals surface area contributed by atoms with Gasteiger partial charge in [0.1, 0.15) is 5.75 Å². The van der Waals surface area contributed by atoms with Crippen molar-refractivity contribution in [2.45, 2.75) is 65.0 Å². The van der Waals surface area contributed by atoms with Gasteiger partial charge < -0.3 is 9.84 Å². The minimum absolute atomic E-state index is 0.0954. The Morgan fingerprint density at radius 3 is 2.80 bits per heavy atom. The smallest absolute Gasteiger partial charge is 0.122 e. The number of likely N-dealkylation sites (tertiary alicyclic amines) is 1. The van der Waals surface area contributed by atoms with Crippen LogP contribution in [0.4, 0.5) is 0 Å². The predicted octanol–water partition coefficient (Wildman–Crippen LogP) is 4.21. The molecule has 1 N–H and O–H groups in total. The maximum atomic E-state index is 10.7. The standard InChI is InChI=1S/C22H33NO2/c1-7-12-25-16(3)14-23-11-10-22(6)18-9-8-15(2)20(24)17(18)13-19(23)21(22,4)5/h7-9,16,19,24H,1,10-14H2,2-6H3/t16-,19+,22?/m0/s1. The summed E-state index contributed by atoms with van der Waals surface area (Å²) in [4.78, 5) is 2.58. The van der Waals surface area contributed by atoms with Crippen molar-refractivity contribution < 1.29 is 9.84 Å². The molecule has 138 valence electrons. The Labute approximate surface area is 152 Å². The van der Waals surface area contributed by atoms with E-state index in [1.54, 1.807) is 0 Å². The molecular weight excluding hydrogens is 310 g/mol. The van der Waals surface area contributed by atoms with Crippen molar-refractivity contribution in [3.8, 4) is 5.75 Å². The molecule has 1 saturated heterocycles. The molecule has 0 aromatic heterocycles. The molecule has 0 radical (unpaired) electrons. The minimum Gasteiger partial charge on any atom is -0.507 e. The van der Waals surface area contributed by atoms with E-state index in [1.165, 1.54) is 5.56 Å². The number of hydrogen-bond acceptors (Lipinski definition) is 3. The Balaban J connectivity index is 1.95. The zero-order chi connectivity index (χ0) is 18.4. The molecule has 1 aliphatic heterocycles. The lowest BCUT2D eigenvalue weighted by Crippen LogP contribution is -2.64. The van der Waals surface area contributed by atoms with Gasteiger partial charge in [-0.1, -0.05) is 39.0 Å². The molecule has 3 heteroatoms. The van der Waals surface area contributed by atoms with Gasteiger partial charge >= 0.3 is 0 Å². The molecule has 2 bridgehead atoms. The summed E-state index contributed by atoms with van der Waals surface area (Å²) in [6, 6.07) is 4.75. The van der Waals surface area contributed by atoms with Crippen LogP contribution in [0.2, 0.25) is 0 Å². The summed E-state index contributed by atoms with van der Waals surface area (Å²) in [7, 11) is 0. The van der Waals surface area contributed by atoms with Crippen LogP contribution >= 0.6 is 0 Å². The summed E-state index contributed by atoms with van der Waals surface area (Å²) in [5.74, 6) is 0.502. The highest BCUT2D eigenvalue weighted by atomic mass is 16.5. The second-order valence-electron chi connectivity index (χ2n) is 8.71. The van der Waals surface area contributed by atoms with E-state index < -0.39 is 0 Å². The first kappa shape index (κ1) is 18.5. The summed E-state index contributed by atoms with van der Waals surface area (Å²) in [5, 5.41) is 10.7. The number of nitrogens with zero attached hydrogens (tertiary/aromatic N) is 1. The first-order valence-corrected chi connectivity index (χ1v) is 9.51. The topological polar surface area (TPSA) is 32.7 Å². The number of hydrogen-bond donors (Lipinski definition) is 1. The summed E-state index contributed by atoms with van der Waals surface area (Å²) in [5.41, 5.74) is 3.74. The third-order valence-electron chi connectivity index (χ3n) is 7.06. The summed E-state index contributed by atoms with van der Waals surface area (Å²) < 4.78 is 5.83. The number of rotatable bonds is 5. The van der Waals surface area contributed by atoms with Gasteiger partial charge in [-0.3, -0.25) is 4.90 Å². The number of phenols is 1. The van der Waals surface area contributed by atoms with Crippen LogP contribution in [0.5, 0.6) is 5.75 Å². The molecule has 1 aliphatic carbocycles. The van der Waals surface area contributed by atoms with Gasteiger partial charge in [-0.15, -0.1) is 6.58 Å². The number of benzene rings is 1. The first-order chi connectivity index (χ1) is 11.7. The fourth-order valence-electron chi connectivity index (χ4n) is 5.04. The number of aryl methyl sites for hydroxylation is 1. The second-order valence-corrected chi connectivity index (χ2v) is 8.71. The van der Waals surface area contributed by atoms with Crippen molar-refractivity contribution in [2.75, 3.05) is 19.7 Å². The Kier molecular flexibility index (Phi) is 4.76. The molecule has 1 unspecified atom stereocenters. The normalized spacial score (nSPS) is 29.1. The van der Waals surface area contributed by atoms with Crippen LogP contribution < -0.4 is 0 Å². The van der Waals surface area contributed by atoms with Crippen LogP contribution in [0.3, 0.4) is 0 Å². The number of ether oxygens (including phenoxy) is 1. The van der Waals surface area contributed by atoms with Crippen molar-refractivity contribution in [1.29, 1.82) is 0 Å². The van der Waals surface area contributed by atoms with Gasteiger partial charge in [-0.05, 0) is 55.3 Å². The molecule has 1 aromatic rings. The van der Waals surface area contributed by atoms with Crippen LogP contribution in [0.1, 0.15) is 50.8 Å². The second kappa shape index (κ2) is 6.44. The van der Waals surface area contributed by atoms with E-state index in [-0.39, 0.29) is 16.9 Å². The fraction of sp³-hybridized carbons (Fsp3) is 0.636. The van der Waals surface area contributed by atoms with Crippen molar-refractivity contribution in [3.63, 3.8) is 0 Å². The Morgan fingerprint density at radius 1 is 1.40 bits per heavy atom. The lowest BCUT2D eigenvalue weighted by Gasteiger charge is -2.61. The highest BCUT2D eigenvalue weighted by Gasteiger charge is 2.56. The number of piperidine rings is 1. The molecule has 3 rings (SSSR count). The molecule has 1 fully saturated rings. The Hall–Kier alpha value is -1.32. The maximum Gasteiger partial charge on any atom is 0.122 e. The average Bonchev–Trinajstić information content (AvgIpc) is 2.55. The molecule has 0 saturated carbocycles. The zero-order valence-electron chi connectivity index (χ0n) is 16.4. The monoisotopic (exact) mass is 343 g/mol. The molecule has 25 heavy (non-hydrogen) atoms. The van der Waals surface area contributed by atoms with Crippen LogP contribution in [0.15, 0.2) is 24.8 Å². The van der Waals surface area contributed by atoms with Gasteiger partial charge in [-0.2, -0.15) is 0 Å². The van der Waals surface area contributed by atoms with E-state index >= 15 is 0 Å². The molecule has 3 atom stereocenters. The van der Waals surface area contributed by atoms with E-state index in [2.05, 4.69) is 51.3 Å². The van der Waals surface area contributed by atoms with Crippen LogP contribution in [-0.2, 0) is 16.6 Å². The first-order valence-electron chi connectivity index (χ1n) is 9.51. The highest BCUT2D eigenvalue weighted by molar-refractivity contribution is 5.52. The number of aromatic hydroxyl groups is 1. The lowest BCUT2D eigenvalue weighted by molar-refractivity contribution is -0.0602. The Bertz CT molecular complexity index is 666. The van der Waals surface area contributed by atoms with E-state index in [1.807, 2.05) is 13.0 Å².